The van der Waals surface area contributed by atoms with Gasteiger partial charge in [0.05, 0.1) is 11.3 Å². The predicted octanol–water partition coefficient (Wildman–Crippen LogP) is 3.70. The summed E-state index contributed by atoms with van der Waals surface area (Å²) in [7, 11) is 0. The zero-order valence-corrected chi connectivity index (χ0v) is 10.5. The Labute approximate surface area is 110 Å². The van der Waals surface area contributed by atoms with Crippen molar-refractivity contribution in [3.63, 3.8) is 0 Å². The lowest BCUT2D eigenvalue weighted by Gasteiger charge is -2.10. The van der Waals surface area contributed by atoms with E-state index in [-0.39, 0.29) is 35.3 Å². The summed E-state index contributed by atoms with van der Waals surface area (Å²) < 4.78 is 35.6. The number of hydrogen-bond acceptors (Lipinski definition) is 3. The first kappa shape index (κ1) is 15.0. The third-order valence-corrected chi connectivity index (χ3v) is 2.87. The van der Waals surface area contributed by atoms with E-state index in [9.17, 15) is 18.0 Å². The number of benzene rings is 1. The number of carboxylic acid groups (broad SMARTS) is 1. The fourth-order valence-electron chi connectivity index (χ4n) is 1.20. The Bertz CT molecular complexity index is 440. The zero-order chi connectivity index (χ0) is 13.8. The molecule has 0 unspecified atom stereocenters. The van der Waals surface area contributed by atoms with E-state index < -0.39 is 11.5 Å². The van der Waals surface area contributed by atoms with Gasteiger partial charge in [0.15, 0.2) is 0 Å². The molecule has 0 aliphatic heterocycles. The summed E-state index contributed by atoms with van der Waals surface area (Å²) in [6.45, 7) is -0.00913. The van der Waals surface area contributed by atoms with Crippen molar-refractivity contribution in [2.45, 2.75) is 5.51 Å². The van der Waals surface area contributed by atoms with Crippen molar-refractivity contribution in [3.8, 4) is 0 Å². The normalized spacial score (nSPS) is 11.3. The van der Waals surface area contributed by atoms with Gasteiger partial charge in [-0.15, -0.1) is 0 Å². The van der Waals surface area contributed by atoms with Gasteiger partial charge in [-0.2, -0.15) is 13.2 Å². The Kier molecular flexibility index (Phi) is 5.15. The first-order chi connectivity index (χ1) is 8.29. The van der Waals surface area contributed by atoms with Crippen molar-refractivity contribution in [1.82, 2.24) is 0 Å². The number of rotatable bonds is 5. The molecule has 0 aliphatic rings. The molecule has 1 aromatic carbocycles. The van der Waals surface area contributed by atoms with Crippen molar-refractivity contribution in [2.75, 3.05) is 17.6 Å². The zero-order valence-electron chi connectivity index (χ0n) is 8.92. The quantitative estimate of drug-likeness (QED) is 0.814. The Balaban J connectivity index is 2.61. The second-order valence-electron chi connectivity index (χ2n) is 3.22. The average Bonchev–Trinajstić information content (AvgIpc) is 2.22. The number of carbonyl (C=O) groups is 1. The minimum absolute atomic E-state index is 0.00913. The Hall–Kier alpha value is -1.08. The molecular formula is C10H9ClF3NO2S. The molecule has 1 aromatic rings. The third kappa shape index (κ3) is 5.05. The third-order valence-electron chi connectivity index (χ3n) is 1.90. The van der Waals surface area contributed by atoms with E-state index in [1.165, 1.54) is 18.2 Å². The van der Waals surface area contributed by atoms with Crippen LogP contribution in [0.3, 0.4) is 0 Å². The molecule has 3 nitrogen and oxygen atoms in total. The van der Waals surface area contributed by atoms with Crippen molar-refractivity contribution < 1.29 is 23.1 Å². The highest BCUT2D eigenvalue weighted by Gasteiger charge is 2.27. The number of nitrogens with one attached hydrogen (secondary N) is 1. The summed E-state index contributed by atoms with van der Waals surface area (Å²) >= 11 is 5.52. The number of anilines is 1. The molecule has 0 saturated heterocycles. The number of hydrogen-bond donors (Lipinski definition) is 2. The molecule has 0 bridgehead atoms. The van der Waals surface area contributed by atoms with Crippen molar-refractivity contribution in [3.05, 3.63) is 28.8 Å². The van der Waals surface area contributed by atoms with Crippen LogP contribution < -0.4 is 5.32 Å². The Morgan fingerprint density at radius 3 is 2.67 bits per heavy atom. The highest BCUT2D eigenvalue weighted by atomic mass is 35.5. The molecule has 0 aliphatic carbocycles. The molecule has 0 radical (unpaired) electrons. The van der Waals surface area contributed by atoms with Crippen LogP contribution in [0.15, 0.2) is 18.2 Å². The fraction of sp³-hybridized carbons (Fsp3) is 0.300. The van der Waals surface area contributed by atoms with Gasteiger partial charge in [-0.25, -0.2) is 4.79 Å². The van der Waals surface area contributed by atoms with Gasteiger partial charge in [-0.05, 0) is 30.0 Å². The number of thioether (sulfide) groups is 1. The van der Waals surface area contributed by atoms with Crippen molar-refractivity contribution in [1.29, 1.82) is 0 Å². The van der Waals surface area contributed by atoms with Gasteiger partial charge in [-0.3, -0.25) is 0 Å². The number of halogens is 4. The lowest BCUT2D eigenvalue weighted by molar-refractivity contribution is -0.0327. The van der Waals surface area contributed by atoms with Crippen LogP contribution >= 0.6 is 23.4 Å². The average molecular weight is 300 g/mol. The first-order valence-corrected chi connectivity index (χ1v) is 6.13. The monoisotopic (exact) mass is 299 g/mol. The highest BCUT2D eigenvalue weighted by molar-refractivity contribution is 8.00. The second-order valence-corrected chi connectivity index (χ2v) is 4.81. The Morgan fingerprint density at radius 1 is 1.44 bits per heavy atom. The van der Waals surface area contributed by atoms with Crippen LogP contribution in [0.1, 0.15) is 10.4 Å². The van der Waals surface area contributed by atoms with Crippen LogP contribution in [0.2, 0.25) is 5.02 Å². The fourth-order valence-corrected chi connectivity index (χ4v) is 1.81. The molecule has 8 heteroatoms. The van der Waals surface area contributed by atoms with Crippen LogP contribution in [-0.2, 0) is 0 Å². The van der Waals surface area contributed by atoms with Crippen molar-refractivity contribution in [2.24, 2.45) is 0 Å². The summed E-state index contributed by atoms with van der Waals surface area (Å²) in [4.78, 5) is 10.9. The summed E-state index contributed by atoms with van der Waals surface area (Å²) in [5.74, 6) is -1.38. The smallest absolute Gasteiger partial charge is 0.441 e. The molecule has 1 rings (SSSR count). The van der Waals surface area contributed by atoms with E-state index in [1.54, 1.807) is 0 Å². The van der Waals surface area contributed by atoms with Crippen LogP contribution in [0.5, 0.6) is 0 Å². The van der Waals surface area contributed by atoms with Gasteiger partial charge in [0.2, 0.25) is 0 Å². The standard InChI is InChI=1S/C10H9ClF3NO2S/c11-6-1-2-7(9(16)17)8(5-6)15-3-4-18-10(12,13)14/h1-2,5,15H,3-4H2,(H,16,17). The summed E-state index contributed by atoms with van der Waals surface area (Å²) in [5, 5.41) is 11.8. The van der Waals surface area contributed by atoms with Gasteiger partial charge < -0.3 is 10.4 Å². The van der Waals surface area contributed by atoms with Gasteiger partial charge >= 0.3 is 11.5 Å². The molecule has 0 aromatic heterocycles. The summed E-state index contributed by atoms with van der Waals surface area (Å²) in [6.07, 6.45) is 0. The van der Waals surface area contributed by atoms with Gasteiger partial charge in [-0.1, -0.05) is 11.6 Å². The first-order valence-electron chi connectivity index (χ1n) is 4.77. The maximum Gasteiger partial charge on any atom is 0.441 e. The van der Waals surface area contributed by atoms with E-state index in [1.807, 2.05) is 0 Å². The lowest BCUT2D eigenvalue weighted by atomic mass is 10.2. The van der Waals surface area contributed by atoms with Gasteiger partial charge in [0, 0.05) is 17.3 Å². The summed E-state index contributed by atoms with van der Waals surface area (Å²) in [6, 6.07) is 4.06. The molecule has 0 amide bonds. The predicted molar refractivity (Wildman–Crippen MR) is 65.4 cm³/mol. The van der Waals surface area contributed by atoms with Gasteiger partial charge in [0.1, 0.15) is 0 Å². The van der Waals surface area contributed by atoms with E-state index in [4.69, 9.17) is 16.7 Å². The van der Waals surface area contributed by atoms with Crippen LogP contribution in [0.25, 0.3) is 0 Å². The molecule has 2 N–H and O–H groups in total. The molecule has 18 heavy (non-hydrogen) atoms. The lowest BCUT2D eigenvalue weighted by Crippen LogP contribution is -2.12. The SMILES string of the molecule is O=C(O)c1ccc(Cl)cc1NCCSC(F)(F)F. The van der Waals surface area contributed by atoms with Crippen molar-refractivity contribution >= 4 is 35.0 Å². The van der Waals surface area contributed by atoms with E-state index >= 15 is 0 Å². The molecule has 100 valence electrons. The topological polar surface area (TPSA) is 49.3 Å². The van der Waals surface area contributed by atoms with E-state index in [0.29, 0.717) is 5.02 Å². The second kappa shape index (κ2) is 6.19. The van der Waals surface area contributed by atoms with Gasteiger partial charge in [0.25, 0.3) is 0 Å². The van der Waals surface area contributed by atoms with E-state index in [0.717, 1.165) is 0 Å². The van der Waals surface area contributed by atoms with Crippen LogP contribution in [0.4, 0.5) is 18.9 Å². The molecule has 0 atom stereocenters. The number of aromatic carboxylic acids is 1. The molecule has 0 spiro atoms. The maximum absolute atomic E-state index is 11.9. The molecule has 0 saturated carbocycles. The number of carboxylic acids is 1. The molecular weight excluding hydrogens is 291 g/mol. The summed E-state index contributed by atoms with van der Waals surface area (Å²) in [5.41, 5.74) is -4.11. The van der Waals surface area contributed by atoms with Crippen LogP contribution in [-0.4, -0.2) is 28.9 Å². The van der Waals surface area contributed by atoms with Crippen LogP contribution in [0, 0.1) is 0 Å². The number of alkyl halides is 3. The Morgan fingerprint density at radius 2 is 2.11 bits per heavy atom. The highest BCUT2D eigenvalue weighted by Crippen LogP contribution is 2.30. The maximum atomic E-state index is 11.9. The molecule has 0 fully saturated rings. The molecule has 0 heterocycles. The minimum atomic E-state index is -4.29. The largest absolute Gasteiger partial charge is 0.478 e. The minimum Gasteiger partial charge on any atom is -0.478 e. The van der Waals surface area contributed by atoms with E-state index in [2.05, 4.69) is 5.32 Å².